The fraction of sp³-hybridized carbons (Fsp3) is 0.333. The van der Waals surface area contributed by atoms with Crippen LogP contribution in [0.5, 0.6) is 0 Å². The van der Waals surface area contributed by atoms with E-state index in [4.69, 9.17) is 0 Å². The third kappa shape index (κ3) is 2.44. The Bertz CT molecular complexity index is 179. The Kier molecular flexibility index (Phi) is 2.82. The zero-order valence-corrected chi connectivity index (χ0v) is 6.94. The number of hydrogen-bond acceptors (Lipinski definition) is 1. The van der Waals surface area contributed by atoms with Crippen LogP contribution >= 0.6 is 12.6 Å². The minimum Gasteiger partial charge on any atom is -0.176 e. The predicted octanol–water partition coefficient (Wildman–Crippen LogP) is 2.35. The van der Waals surface area contributed by atoms with E-state index < -0.39 is 0 Å². The van der Waals surface area contributed by atoms with Gasteiger partial charge in [0.15, 0.2) is 0 Å². The van der Waals surface area contributed by atoms with Gasteiger partial charge in [-0.1, -0.05) is 31.2 Å². The van der Waals surface area contributed by atoms with Crippen molar-refractivity contribution in [1.82, 2.24) is 0 Å². The lowest BCUT2D eigenvalue weighted by molar-refractivity contribution is 0.949. The SMILES string of the molecule is CC(S)Cc1[c]cccc1. The van der Waals surface area contributed by atoms with E-state index in [9.17, 15) is 0 Å². The number of rotatable bonds is 2. The van der Waals surface area contributed by atoms with E-state index in [1.165, 1.54) is 5.56 Å². The average Bonchev–Trinajstić information content (AvgIpc) is 1.88. The molecule has 0 aliphatic carbocycles. The quantitative estimate of drug-likeness (QED) is 0.616. The largest absolute Gasteiger partial charge is 0.176 e. The second kappa shape index (κ2) is 3.67. The van der Waals surface area contributed by atoms with Gasteiger partial charge in [0.25, 0.3) is 0 Å². The van der Waals surface area contributed by atoms with Crippen molar-refractivity contribution in [1.29, 1.82) is 0 Å². The van der Waals surface area contributed by atoms with Crippen LogP contribution in [0.3, 0.4) is 0 Å². The monoisotopic (exact) mass is 151 g/mol. The second-order valence-electron chi connectivity index (χ2n) is 2.44. The summed E-state index contributed by atoms with van der Waals surface area (Å²) in [6, 6.07) is 11.2. The molecule has 1 aromatic rings. The Hall–Kier alpha value is -0.430. The van der Waals surface area contributed by atoms with E-state index >= 15 is 0 Å². The molecule has 1 radical (unpaired) electrons. The van der Waals surface area contributed by atoms with Crippen molar-refractivity contribution >= 4 is 12.6 Å². The normalized spacial score (nSPS) is 13.0. The number of thiol groups is 1. The molecule has 1 unspecified atom stereocenters. The van der Waals surface area contributed by atoms with Gasteiger partial charge in [0.1, 0.15) is 0 Å². The highest BCUT2D eigenvalue weighted by atomic mass is 32.1. The van der Waals surface area contributed by atoms with Gasteiger partial charge in [0.05, 0.1) is 0 Å². The summed E-state index contributed by atoms with van der Waals surface area (Å²) in [7, 11) is 0. The molecule has 1 rings (SSSR count). The van der Waals surface area contributed by atoms with Gasteiger partial charge >= 0.3 is 0 Å². The van der Waals surface area contributed by atoms with Crippen LogP contribution in [-0.4, -0.2) is 5.25 Å². The molecular formula is C9H11S. The summed E-state index contributed by atoms with van der Waals surface area (Å²) >= 11 is 4.29. The van der Waals surface area contributed by atoms with Gasteiger partial charge in [-0.15, -0.1) is 0 Å². The van der Waals surface area contributed by atoms with Crippen molar-refractivity contribution in [3.05, 3.63) is 35.9 Å². The van der Waals surface area contributed by atoms with Crippen molar-refractivity contribution in [2.24, 2.45) is 0 Å². The fourth-order valence-corrected chi connectivity index (χ4v) is 1.07. The lowest BCUT2D eigenvalue weighted by Crippen LogP contribution is -1.96. The first kappa shape index (κ1) is 7.67. The zero-order valence-electron chi connectivity index (χ0n) is 6.04. The van der Waals surface area contributed by atoms with Crippen LogP contribution in [0, 0.1) is 6.07 Å². The van der Waals surface area contributed by atoms with E-state index in [2.05, 4.69) is 31.7 Å². The Morgan fingerprint density at radius 2 is 2.40 bits per heavy atom. The van der Waals surface area contributed by atoms with E-state index in [1.54, 1.807) is 0 Å². The standard InChI is InChI=1S/C9H11S/c1-8(10)7-9-5-3-2-4-6-9/h2-5,8,10H,7H2,1H3. The van der Waals surface area contributed by atoms with Gasteiger partial charge < -0.3 is 0 Å². The van der Waals surface area contributed by atoms with E-state index in [0.29, 0.717) is 5.25 Å². The molecule has 0 fully saturated rings. The summed E-state index contributed by atoms with van der Waals surface area (Å²) in [6.07, 6.45) is 1.00. The lowest BCUT2D eigenvalue weighted by Gasteiger charge is -2.01. The highest BCUT2D eigenvalue weighted by Crippen LogP contribution is 2.05. The molecule has 0 spiro atoms. The molecule has 1 aromatic carbocycles. The molecule has 0 N–H and O–H groups in total. The van der Waals surface area contributed by atoms with Crippen molar-refractivity contribution in [2.45, 2.75) is 18.6 Å². The molecule has 0 aliphatic rings. The maximum Gasteiger partial charge on any atom is 0.00290 e. The number of benzene rings is 1. The third-order valence-corrected chi connectivity index (χ3v) is 1.47. The van der Waals surface area contributed by atoms with Gasteiger partial charge in [0.2, 0.25) is 0 Å². The summed E-state index contributed by atoms with van der Waals surface area (Å²) < 4.78 is 0. The molecule has 0 amide bonds. The van der Waals surface area contributed by atoms with Crippen LogP contribution in [0.15, 0.2) is 24.3 Å². The summed E-state index contributed by atoms with van der Waals surface area (Å²) in [6.45, 7) is 2.09. The Balaban J connectivity index is 2.59. The molecule has 1 heteroatoms. The van der Waals surface area contributed by atoms with Gasteiger partial charge in [-0.3, -0.25) is 0 Å². The van der Waals surface area contributed by atoms with E-state index in [-0.39, 0.29) is 0 Å². The van der Waals surface area contributed by atoms with E-state index in [1.807, 2.05) is 18.2 Å². The molecule has 0 heterocycles. The maximum absolute atomic E-state index is 4.29. The topological polar surface area (TPSA) is 0 Å². The number of hydrogen-bond donors (Lipinski definition) is 1. The van der Waals surface area contributed by atoms with Crippen LogP contribution in [0.2, 0.25) is 0 Å². The average molecular weight is 151 g/mol. The minimum absolute atomic E-state index is 0.429. The van der Waals surface area contributed by atoms with Gasteiger partial charge in [-0.05, 0) is 18.1 Å². The Morgan fingerprint density at radius 3 is 2.90 bits per heavy atom. The van der Waals surface area contributed by atoms with E-state index in [0.717, 1.165) is 6.42 Å². The van der Waals surface area contributed by atoms with Gasteiger partial charge in [-0.2, -0.15) is 12.6 Å². The molecular weight excluding hydrogens is 140 g/mol. The maximum atomic E-state index is 4.29. The molecule has 53 valence electrons. The molecule has 0 nitrogen and oxygen atoms in total. The molecule has 1 atom stereocenters. The molecule has 0 saturated carbocycles. The Morgan fingerprint density at radius 1 is 1.60 bits per heavy atom. The molecule has 10 heavy (non-hydrogen) atoms. The van der Waals surface area contributed by atoms with Crippen molar-refractivity contribution in [3.8, 4) is 0 Å². The lowest BCUT2D eigenvalue weighted by atomic mass is 10.1. The minimum atomic E-state index is 0.429. The Labute approximate surface area is 67.7 Å². The predicted molar refractivity (Wildman–Crippen MR) is 47.4 cm³/mol. The molecule has 0 aromatic heterocycles. The molecule has 0 bridgehead atoms. The van der Waals surface area contributed by atoms with Crippen LogP contribution in [-0.2, 0) is 6.42 Å². The second-order valence-corrected chi connectivity index (χ2v) is 3.32. The first-order valence-electron chi connectivity index (χ1n) is 3.42. The summed E-state index contributed by atoms with van der Waals surface area (Å²) in [5, 5.41) is 0.429. The van der Waals surface area contributed by atoms with Crippen molar-refractivity contribution in [2.75, 3.05) is 0 Å². The van der Waals surface area contributed by atoms with Gasteiger partial charge in [-0.25, -0.2) is 0 Å². The summed E-state index contributed by atoms with van der Waals surface area (Å²) in [4.78, 5) is 0. The van der Waals surface area contributed by atoms with Crippen molar-refractivity contribution < 1.29 is 0 Å². The summed E-state index contributed by atoms with van der Waals surface area (Å²) in [5.74, 6) is 0. The fourth-order valence-electron chi connectivity index (χ4n) is 0.876. The van der Waals surface area contributed by atoms with Crippen LogP contribution in [0.4, 0.5) is 0 Å². The summed E-state index contributed by atoms with van der Waals surface area (Å²) in [5.41, 5.74) is 1.24. The highest BCUT2D eigenvalue weighted by molar-refractivity contribution is 7.80. The van der Waals surface area contributed by atoms with Crippen molar-refractivity contribution in [3.63, 3.8) is 0 Å². The van der Waals surface area contributed by atoms with Crippen LogP contribution < -0.4 is 0 Å². The first-order chi connectivity index (χ1) is 4.79. The van der Waals surface area contributed by atoms with Crippen LogP contribution in [0.25, 0.3) is 0 Å². The first-order valence-corrected chi connectivity index (χ1v) is 3.94. The zero-order chi connectivity index (χ0) is 7.40. The van der Waals surface area contributed by atoms with Gasteiger partial charge in [0, 0.05) is 5.25 Å². The van der Waals surface area contributed by atoms with Crippen LogP contribution in [0.1, 0.15) is 12.5 Å². The molecule has 0 aliphatic heterocycles. The highest BCUT2D eigenvalue weighted by Gasteiger charge is 1.95. The smallest absolute Gasteiger partial charge is 0.00290 e. The molecule has 0 saturated heterocycles. The third-order valence-electron chi connectivity index (χ3n) is 1.29.